The molecule has 1 aromatic rings. The normalized spacial score (nSPS) is 23.6. The van der Waals surface area contributed by atoms with E-state index in [2.05, 4.69) is 5.10 Å². The van der Waals surface area contributed by atoms with Crippen LogP contribution in [0.4, 0.5) is 10.1 Å². The van der Waals surface area contributed by atoms with Gasteiger partial charge in [-0.3, -0.25) is 4.79 Å². The van der Waals surface area contributed by atoms with Crippen molar-refractivity contribution >= 4 is 17.3 Å². The number of hydrogen-bond donors (Lipinski definition) is 0. The summed E-state index contributed by atoms with van der Waals surface area (Å²) < 4.78 is 13.1. The van der Waals surface area contributed by atoms with E-state index in [4.69, 9.17) is 0 Å². The zero-order valence-corrected chi connectivity index (χ0v) is 9.40. The van der Waals surface area contributed by atoms with Crippen LogP contribution in [0.2, 0.25) is 0 Å². The maximum atomic E-state index is 13.1. The molecule has 3 rings (SSSR count). The first-order valence-corrected chi connectivity index (χ1v) is 5.92. The topological polar surface area (TPSA) is 32.7 Å². The van der Waals surface area contributed by atoms with Crippen LogP contribution in [0.5, 0.6) is 0 Å². The molecule has 1 unspecified atom stereocenters. The molecule has 1 atom stereocenters. The standard InChI is InChI=1S/C13H13FN2O/c14-9-4-3-5-10(8-9)16-13(17)11-6-1-2-7-12(11)15-16/h3-5,8,11H,1-2,6-7H2. The molecule has 4 heteroatoms. The summed E-state index contributed by atoms with van der Waals surface area (Å²) in [6.45, 7) is 0. The Kier molecular flexibility index (Phi) is 2.42. The summed E-state index contributed by atoms with van der Waals surface area (Å²) in [6, 6.07) is 6.02. The van der Waals surface area contributed by atoms with Crippen molar-refractivity contribution in [2.75, 3.05) is 5.01 Å². The van der Waals surface area contributed by atoms with Crippen molar-refractivity contribution in [1.29, 1.82) is 0 Å². The van der Waals surface area contributed by atoms with Crippen LogP contribution in [-0.2, 0) is 4.79 Å². The minimum atomic E-state index is -0.342. The number of fused-ring (bicyclic) bond motifs is 1. The second kappa shape index (κ2) is 3.95. The number of halogens is 1. The quantitative estimate of drug-likeness (QED) is 0.732. The van der Waals surface area contributed by atoms with Crippen molar-refractivity contribution < 1.29 is 9.18 Å². The second-order valence-electron chi connectivity index (χ2n) is 4.52. The van der Waals surface area contributed by atoms with Gasteiger partial charge in [-0.2, -0.15) is 5.10 Å². The average molecular weight is 232 g/mol. The Morgan fingerprint density at radius 3 is 3.00 bits per heavy atom. The van der Waals surface area contributed by atoms with Gasteiger partial charge in [-0.15, -0.1) is 0 Å². The number of hydrogen-bond acceptors (Lipinski definition) is 2. The second-order valence-corrected chi connectivity index (χ2v) is 4.52. The molecule has 1 aromatic carbocycles. The van der Waals surface area contributed by atoms with E-state index in [-0.39, 0.29) is 17.6 Å². The van der Waals surface area contributed by atoms with E-state index < -0.39 is 0 Å². The van der Waals surface area contributed by atoms with Crippen molar-refractivity contribution in [3.8, 4) is 0 Å². The van der Waals surface area contributed by atoms with E-state index in [0.717, 1.165) is 31.4 Å². The summed E-state index contributed by atoms with van der Waals surface area (Å²) in [5, 5.41) is 5.69. The van der Waals surface area contributed by atoms with Crippen molar-refractivity contribution in [2.45, 2.75) is 25.7 Å². The van der Waals surface area contributed by atoms with Gasteiger partial charge in [-0.1, -0.05) is 12.5 Å². The van der Waals surface area contributed by atoms with Gasteiger partial charge < -0.3 is 0 Å². The molecule has 1 aliphatic heterocycles. The third-order valence-electron chi connectivity index (χ3n) is 3.37. The van der Waals surface area contributed by atoms with Crippen LogP contribution in [0, 0.1) is 11.7 Å². The summed E-state index contributed by atoms with van der Waals surface area (Å²) in [7, 11) is 0. The monoisotopic (exact) mass is 232 g/mol. The lowest BCUT2D eigenvalue weighted by molar-refractivity contribution is -0.120. The van der Waals surface area contributed by atoms with Gasteiger partial charge in [0.2, 0.25) is 0 Å². The molecule has 0 saturated heterocycles. The zero-order chi connectivity index (χ0) is 11.8. The highest BCUT2D eigenvalue weighted by molar-refractivity contribution is 6.15. The van der Waals surface area contributed by atoms with Crippen LogP contribution in [0.3, 0.4) is 0 Å². The first-order chi connectivity index (χ1) is 8.25. The Bertz CT molecular complexity index is 498. The maximum absolute atomic E-state index is 13.1. The van der Waals surface area contributed by atoms with Crippen LogP contribution >= 0.6 is 0 Å². The van der Waals surface area contributed by atoms with Gasteiger partial charge in [-0.05, 0) is 37.5 Å². The largest absolute Gasteiger partial charge is 0.272 e. The van der Waals surface area contributed by atoms with Crippen molar-refractivity contribution in [3.05, 3.63) is 30.1 Å². The van der Waals surface area contributed by atoms with E-state index in [1.165, 1.54) is 17.1 Å². The molecule has 0 bridgehead atoms. The van der Waals surface area contributed by atoms with Crippen molar-refractivity contribution in [1.82, 2.24) is 0 Å². The summed E-state index contributed by atoms with van der Waals surface area (Å²) in [5.41, 5.74) is 1.49. The number of nitrogens with zero attached hydrogens (tertiary/aromatic N) is 2. The van der Waals surface area contributed by atoms with Crippen LogP contribution in [0.25, 0.3) is 0 Å². The smallest absolute Gasteiger partial charge is 0.256 e. The molecule has 1 heterocycles. The van der Waals surface area contributed by atoms with Crippen LogP contribution in [-0.4, -0.2) is 11.6 Å². The lowest BCUT2D eigenvalue weighted by atomic mass is 9.87. The number of benzene rings is 1. The molecule has 2 aliphatic rings. The Hall–Kier alpha value is -1.71. The van der Waals surface area contributed by atoms with Gasteiger partial charge >= 0.3 is 0 Å². The lowest BCUT2D eigenvalue weighted by Gasteiger charge is -2.16. The molecule has 17 heavy (non-hydrogen) atoms. The Balaban J connectivity index is 1.94. The van der Waals surface area contributed by atoms with E-state index in [1.807, 2.05) is 0 Å². The van der Waals surface area contributed by atoms with Gasteiger partial charge in [0.05, 0.1) is 17.3 Å². The van der Waals surface area contributed by atoms with E-state index in [1.54, 1.807) is 12.1 Å². The van der Waals surface area contributed by atoms with Gasteiger partial charge in [0.1, 0.15) is 5.82 Å². The molecule has 1 amide bonds. The Morgan fingerprint density at radius 1 is 1.35 bits per heavy atom. The average Bonchev–Trinajstić information content (AvgIpc) is 2.68. The number of hydrazone groups is 1. The van der Waals surface area contributed by atoms with Gasteiger partial charge in [0.25, 0.3) is 5.91 Å². The van der Waals surface area contributed by atoms with E-state index >= 15 is 0 Å². The molecule has 0 aromatic heterocycles. The zero-order valence-electron chi connectivity index (χ0n) is 9.40. The highest BCUT2D eigenvalue weighted by Crippen LogP contribution is 2.32. The van der Waals surface area contributed by atoms with Crippen LogP contribution < -0.4 is 5.01 Å². The third-order valence-corrected chi connectivity index (χ3v) is 3.37. The van der Waals surface area contributed by atoms with Crippen molar-refractivity contribution in [3.63, 3.8) is 0 Å². The fourth-order valence-corrected chi connectivity index (χ4v) is 2.50. The first-order valence-electron chi connectivity index (χ1n) is 5.92. The summed E-state index contributed by atoms with van der Waals surface area (Å²) >= 11 is 0. The van der Waals surface area contributed by atoms with E-state index in [9.17, 15) is 9.18 Å². The molecule has 1 saturated carbocycles. The molecule has 88 valence electrons. The number of anilines is 1. The Morgan fingerprint density at radius 2 is 2.24 bits per heavy atom. The summed E-state index contributed by atoms with van der Waals surface area (Å²) in [4.78, 5) is 12.1. The fraction of sp³-hybridized carbons (Fsp3) is 0.385. The maximum Gasteiger partial charge on any atom is 0.256 e. The van der Waals surface area contributed by atoms with E-state index in [0.29, 0.717) is 5.69 Å². The summed E-state index contributed by atoms with van der Waals surface area (Å²) in [5.74, 6) is -0.414. The predicted octanol–water partition coefficient (Wildman–Crippen LogP) is 2.72. The third kappa shape index (κ3) is 1.73. The number of carbonyl (C=O) groups excluding carboxylic acids is 1. The molecular weight excluding hydrogens is 219 g/mol. The lowest BCUT2D eigenvalue weighted by Crippen LogP contribution is -2.28. The SMILES string of the molecule is O=C1C2CCCCC2=NN1c1cccc(F)c1. The first kappa shape index (κ1) is 10.4. The minimum Gasteiger partial charge on any atom is -0.272 e. The van der Waals surface area contributed by atoms with Gasteiger partial charge in [0, 0.05) is 0 Å². The minimum absolute atomic E-state index is 0.00898. The van der Waals surface area contributed by atoms with Crippen LogP contribution in [0.1, 0.15) is 25.7 Å². The fourth-order valence-electron chi connectivity index (χ4n) is 2.50. The van der Waals surface area contributed by atoms with Crippen LogP contribution in [0.15, 0.2) is 29.4 Å². The molecule has 3 nitrogen and oxygen atoms in total. The highest BCUT2D eigenvalue weighted by atomic mass is 19.1. The molecular formula is C13H13FN2O. The molecule has 0 N–H and O–H groups in total. The molecule has 1 aliphatic carbocycles. The Labute approximate surface area is 98.9 Å². The van der Waals surface area contributed by atoms with Crippen molar-refractivity contribution in [2.24, 2.45) is 11.0 Å². The molecule has 0 radical (unpaired) electrons. The number of carbonyl (C=O) groups is 1. The van der Waals surface area contributed by atoms with Gasteiger partial charge in [0.15, 0.2) is 0 Å². The highest BCUT2D eigenvalue weighted by Gasteiger charge is 2.37. The summed E-state index contributed by atoms with van der Waals surface area (Å²) in [6.07, 6.45) is 3.94. The molecule has 1 fully saturated rings. The number of rotatable bonds is 1. The number of amides is 1. The molecule has 0 spiro atoms. The predicted molar refractivity (Wildman–Crippen MR) is 63.3 cm³/mol. The van der Waals surface area contributed by atoms with Gasteiger partial charge in [-0.25, -0.2) is 9.40 Å².